The molecule has 0 N–H and O–H groups in total. The second kappa shape index (κ2) is 15.2. The van der Waals surface area contributed by atoms with Gasteiger partial charge in [0.1, 0.15) is 5.75 Å². The minimum atomic E-state index is -3.68. The summed E-state index contributed by atoms with van der Waals surface area (Å²) in [4.78, 5) is 23.6. The summed E-state index contributed by atoms with van der Waals surface area (Å²) in [5.41, 5.74) is 3.74. The van der Waals surface area contributed by atoms with Crippen molar-refractivity contribution < 1.29 is 27.1 Å². The number of aryl methyl sites for hydroxylation is 1. The number of benzene rings is 2. The van der Waals surface area contributed by atoms with E-state index < -0.39 is 23.4 Å². The summed E-state index contributed by atoms with van der Waals surface area (Å²) < 4.78 is 47.0. The van der Waals surface area contributed by atoms with E-state index in [1.807, 2.05) is 18.2 Å². The molecule has 2 heterocycles. The first-order chi connectivity index (χ1) is 25.6. The smallest absolute Gasteiger partial charge is 0.337 e. The summed E-state index contributed by atoms with van der Waals surface area (Å²) in [5.74, 6) is 1.09. The molecule has 2 fully saturated rings. The molecule has 54 heavy (non-hydrogen) atoms. The molecule has 4 aliphatic rings. The van der Waals surface area contributed by atoms with Crippen LogP contribution in [0.4, 0.5) is 5.69 Å². The predicted octanol–water partition coefficient (Wildman–Crippen LogP) is 8.84. The van der Waals surface area contributed by atoms with E-state index in [1.54, 1.807) is 12.1 Å². The highest BCUT2D eigenvalue weighted by molar-refractivity contribution is 7.91. The molecule has 3 aliphatic carbocycles. The number of esters is 1. The zero-order valence-corrected chi connectivity index (χ0v) is 35.2. The maximum atomic E-state index is 13.9. The second-order valence-corrected chi connectivity index (χ2v) is 25.1. The molecule has 2 saturated carbocycles. The molecular weight excluding hydrogens is 738 g/mol. The quantitative estimate of drug-likeness (QED) is 0.119. The van der Waals surface area contributed by atoms with Crippen LogP contribution in [0, 0.1) is 17.8 Å². The highest BCUT2D eigenvalue weighted by Crippen LogP contribution is 2.51. The van der Waals surface area contributed by atoms with Crippen molar-refractivity contribution in [3.05, 3.63) is 76.6 Å². The molecule has 0 bridgehead atoms. The van der Waals surface area contributed by atoms with Crippen LogP contribution in [0.25, 0.3) is 0 Å². The molecule has 0 radical (unpaired) electrons. The summed E-state index contributed by atoms with van der Waals surface area (Å²) >= 11 is 6.51. The molecule has 0 amide bonds. The van der Waals surface area contributed by atoms with Crippen molar-refractivity contribution in [1.82, 2.24) is 9.97 Å². The lowest BCUT2D eigenvalue weighted by Crippen LogP contribution is -2.54. The number of carbonyl (C=O) groups excluding carboxylic acids is 1. The number of rotatable bonds is 9. The molecule has 0 unspecified atom stereocenters. The largest absolute Gasteiger partial charge is 0.490 e. The fourth-order valence-corrected chi connectivity index (χ4v) is 12.6. The number of sulfone groups is 1. The molecule has 2 aromatic carbocycles. The second-order valence-electron chi connectivity index (χ2n) is 17.7. The van der Waals surface area contributed by atoms with Gasteiger partial charge in [-0.1, -0.05) is 44.9 Å². The summed E-state index contributed by atoms with van der Waals surface area (Å²) in [6.07, 6.45) is 11.0. The number of carbonyl (C=O) groups is 1. The number of aromatic nitrogens is 2. The van der Waals surface area contributed by atoms with Crippen LogP contribution in [-0.2, 0) is 30.8 Å². The van der Waals surface area contributed by atoms with Crippen molar-refractivity contribution in [3.8, 4) is 5.75 Å². The average Bonchev–Trinajstić information content (AvgIpc) is 3.29. The minimum Gasteiger partial charge on any atom is -0.490 e. The van der Waals surface area contributed by atoms with Gasteiger partial charge in [0.25, 0.3) is 0 Å². The fourth-order valence-electron chi connectivity index (χ4n) is 9.29. The monoisotopic (exact) mass is 793 g/mol. The van der Waals surface area contributed by atoms with Gasteiger partial charge in [0.15, 0.2) is 8.32 Å². The Bertz CT molecular complexity index is 1960. The van der Waals surface area contributed by atoms with Gasteiger partial charge in [0, 0.05) is 35.9 Å². The highest BCUT2D eigenvalue weighted by atomic mass is 35.5. The van der Waals surface area contributed by atoms with Crippen LogP contribution in [0.15, 0.2) is 60.0 Å². The first-order valence-electron chi connectivity index (χ1n) is 19.7. The van der Waals surface area contributed by atoms with Crippen LogP contribution in [0.1, 0.15) is 93.6 Å². The fraction of sp³-hybridized carbons (Fsp3) is 0.595. The zero-order chi connectivity index (χ0) is 38.5. The van der Waals surface area contributed by atoms with Crippen molar-refractivity contribution in [2.24, 2.45) is 17.8 Å². The molecule has 12 heteroatoms. The van der Waals surface area contributed by atoms with E-state index in [-0.39, 0.29) is 39.5 Å². The third-order valence-corrected chi connectivity index (χ3v) is 20.1. The number of hydrogen-bond acceptors (Lipinski definition) is 9. The number of ether oxygens (including phenoxy) is 2. The lowest BCUT2D eigenvalue weighted by molar-refractivity contribution is -0.0227. The summed E-state index contributed by atoms with van der Waals surface area (Å²) in [6.45, 7) is 13.5. The maximum Gasteiger partial charge on any atom is 0.337 e. The Morgan fingerprint density at radius 2 is 1.85 bits per heavy atom. The molecule has 7 rings (SSSR count). The maximum absolute atomic E-state index is 13.9. The van der Waals surface area contributed by atoms with Crippen LogP contribution in [-0.4, -0.2) is 70.8 Å². The number of methoxy groups -OCH3 is 1. The van der Waals surface area contributed by atoms with Gasteiger partial charge in [0.05, 0.1) is 36.3 Å². The lowest BCUT2D eigenvalue weighted by atomic mass is 9.65. The third-order valence-electron chi connectivity index (χ3n) is 13.4. The predicted molar refractivity (Wildman–Crippen MR) is 215 cm³/mol. The average molecular weight is 795 g/mol. The summed E-state index contributed by atoms with van der Waals surface area (Å²) in [7, 11) is -4.51. The van der Waals surface area contributed by atoms with E-state index in [2.05, 4.69) is 60.9 Å². The van der Waals surface area contributed by atoms with Gasteiger partial charge in [-0.3, -0.25) is 0 Å². The normalized spacial score (nSPS) is 26.5. The van der Waals surface area contributed by atoms with E-state index in [4.69, 9.17) is 25.5 Å². The molecule has 3 aromatic rings. The molecule has 1 aromatic heterocycles. The first kappa shape index (κ1) is 39.2. The van der Waals surface area contributed by atoms with Gasteiger partial charge in [-0.15, -0.1) is 0 Å². The van der Waals surface area contributed by atoms with Gasteiger partial charge in [-0.25, -0.2) is 23.2 Å². The van der Waals surface area contributed by atoms with Crippen LogP contribution in [0.5, 0.6) is 5.75 Å². The Kier molecular flexibility index (Phi) is 11.0. The third kappa shape index (κ3) is 7.59. The Hall–Kier alpha value is -2.99. The molecule has 292 valence electrons. The van der Waals surface area contributed by atoms with Crippen molar-refractivity contribution in [3.63, 3.8) is 0 Å². The number of halogens is 1. The molecule has 9 nitrogen and oxygen atoms in total. The molecule has 1 aliphatic heterocycles. The van der Waals surface area contributed by atoms with Crippen molar-refractivity contribution in [2.45, 2.75) is 119 Å². The zero-order valence-electron chi connectivity index (χ0n) is 32.6. The van der Waals surface area contributed by atoms with Crippen LogP contribution < -0.4 is 9.64 Å². The van der Waals surface area contributed by atoms with E-state index in [9.17, 15) is 13.2 Å². The Morgan fingerprint density at radius 1 is 1.07 bits per heavy atom. The van der Waals surface area contributed by atoms with Gasteiger partial charge >= 0.3 is 5.97 Å². The lowest BCUT2D eigenvalue weighted by Gasteiger charge is -2.52. The highest BCUT2D eigenvalue weighted by Gasteiger charge is 2.50. The van der Waals surface area contributed by atoms with Crippen LogP contribution in [0.3, 0.4) is 0 Å². The molecular formula is C42H56ClN3O6SSi. The van der Waals surface area contributed by atoms with Gasteiger partial charge in [-0.2, -0.15) is 0 Å². The van der Waals surface area contributed by atoms with Gasteiger partial charge in [0.2, 0.25) is 15.0 Å². The minimum absolute atomic E-state index is 0.00246. The Morgan fingerprint density at radius 3 is 2.56 bits per heavy atom. The molecule has 0 saturated heterocycles. The SMILES string of the molecule is COC(=O)c1ccc2c(c1)N(C[C@@H]1CC[C@H]1[C@H](O[Si](C)(C)C(C)(C)C)[C@@H]1CCC[C@@H](S(=O)(=O)c3ncccn3)C1)C[C@@]1(CCCc3cc(Cl)ccc31)CO2. The number of fused-ring (bicyclic) bond motifs is 3. The van der Waals surface area contributed by atoms with E-state index in [0.29, 0.717) is 30.9 Å². The van der Waals surface area contributed by atoms with E-state index in [0.717, 1.165) is 74.5 Å². The van der Waals surface area contributed by atoms with Crippen LogP contribution in [0.2, 0.25) is 23.2 Å². The molecule has 1 spiro atoms. The van der Waals surface area contributed by atoms with Crippen molar-refractivity contribution >= 4 is 41.4 Å². The van der Waals surface area contributed by atoms with E-state index in [1.165, 1.54) is 30.6 Å². The van der Waals surface area contributed by atoms with E-state index >= 15 is 0 Å². The summed E-state index contributed by atoms with van der Waals surface area (Å²) in [6, 6.07) is 13.6. The topological polar surface area (TPSA) is 108 Å². The summed E-state index contributed by atoms with van der Waals surface area (Å²) in [5, 5.41) is 0.140. The van der Waals surface area contributed by atoms with Crippen molar-refractivity contribution in [1.29, 1.82) is 0 Å². The van der Waals surface area contributed by atoms with Crippen LogP contribution >= 0.6 is 11.6 Å². The van der Waals surface area contributed by atoms with Crippen molar-refractivity contribution in [2.75, 3.05) is 31.7 Å². The first-order valence-corrected chi connectivity index (χ1v) is 24.5. The standard InChI is InChI=1S/C42H56ClN3O6SSi/c1-41(2,3)54(5,6)52-38(29-10-7-12-33(23-29)53(48,49)40-44-20-9-21-45-40)34-16-13-31(34)25-46-26-42(19-8-11-28-22-32(43)15-17-35(28)42)27-51-37-18-14-30(24-36(37)46)39(47)50-4/h9,14-15,17-18,20-22,24,29,31,33-34,38H,7-8,10-13,16,19,23,25-27H2,1-6H3/t29-,31+,33-,34-,38-,42+/m1/s1. The van der Waals surface area contributed by atoms with Gasteiger partial charge < -0.3 is 18.8 Å². The molecule has 6 atom stereocenters. The Balaban J connectivity index is 1.23. The number of hydrogen-bond donors (Lipinski definition) is 0. The van der Waals surface area contributed by atoms with Gasteiger partial charge in [-0.05, 0) is 135 Å². The number of nitrogens with zero attached hydrogens (tertiary/aromatic N) is 3. The number of anilines is 1. The Labute approximate surface area is 327 Å².